The molecule has 126 valence electrons. The van der Waals surface area contributed by atoms with Gasteiger partial charge in [-0.05, 0) is 36.0 Å². The van der Waals surface area contributed by atoms with E-state index in [1.165, 1.54) is 16.7 Å². The molecular weight excluding hydrogens is 294 g/mol. The monoisotopic (exact) mass is 321 g/mol. The Balaban J connectivity index is 2.79. The molecule has 0 spiro atoms. The minimum atomic E-state index is 0.535. The van der Waals surface area contributed by atoms with Gasteiger partial charge in [-0.1, -0.05) is 62.9 Å². The van der Waals surface area contributed by atoms with Gasteiger partial charge < -0.3 is 5.32 Å². The first-order chi connectivity index (χ1) is 11.6. The normalized spacial score (nSPS) is 21.7. The van der Waals surface area contributed by atoms with Gasteiger partial charge in [-0.25, -0.2) is 0 Å². The molecule has 1 heterocycles. The standard InChI is InChI=1S/C21H27N3/c1-6-7-11-18-16(4)23-14-17-10-8-9-12-19(17)20(13-15(2)3)21(18)24-22-5/h6-12,15,23H,1,13-14H2,2-5H3/b11-7-,18-16-,21-20+,24-22?. The highest BCUT2D eigenvalue weighted by atomic mass is 15.1. The summed E-state index contributed by atoms with van der Waals surface area (Å²) in [6.45, 7) is 11.2. The smallest absolute Gasteiger partial charge is 0.0980 e. The summed E-state index contributed by atoms with van der Waals surface area (Å²) in [6.07, 6.45) is 6.76. The number of azo groups is 1. The van der Waals surface area contributed by atoms with Crippen molar-refractivity contribution >= 4 is 5.57 Å². The van der Waals surface area contributed by atoms with Crippen LogP contribution in [0.25, 0.3) is 5.57 Å². The van der Waals surface area contributed by atoms with Gasteiger partial charge in [-0.2, -0.15) is 10.2 Å². The van der Waals surface area contributed by atoms with E-state index < -0.39 is 0 Å². The maximum absolute atomic E-state index is 4.52. The number of rotatable bonds is 5. The van der Waals surface area contributed by atoms with Gasteiger partial charge in [0.1, 0.15) is 0 Å². The molecule has 0 radical (unpaired) electrons. The summed E-state index contributed by atoms with van der Waals surface area (Å²) in [7, 11) is 1.72. The molecule has 0 bridgehead atoms. The molecule has 1 aromatic carbocycles. The quantitative estimate of drug-likeness (QED) is 0.552. The van der Waals surface area contributed by atoms with Crippen LogP contribution in [-0.4, -0.2) is 7.05 Å². The zero-order chi connectivity index (χ0) is 17.5. The third kappa shape index (κ3) is 4.10. The third-order valence-electron chi connectivity index (χ3n) is 4.04. The van der Waals surface area contributed by atoms with Crippen molar-refractivity contribution in [3.05, 3.63) is 77.2 Å². The fourth-order valence-corrected chi connectivity index (χ4v) is 2.96. The van der Waals surface area contributed by atoms with Gasteiger partial charge in [0.25, 0.3) is 0 Å². The molecule has 0 unspecified atom stereocenters. The lowest BCUT2D eigenvalue weighted by Crippen LogP contribution is -2.17. The summed E-state index contributed by atoms with van der Waals surface area (Å²) in [6, 6.07) is 8.56. The predicted octanol–water partition coefficient (Wildman–Crippen LogP) is 5.65. The molecule has 0 aliphatic carbocycles. The van der Waals surface area contributed by atoms with E-state index in [0.717, 1.165) is 29.9 Å². The van der Waals surface area contributed by atoms with Gasteiger partial charge in [-0.15, -0.1) is 0 Å². The largest absolute Gasteiger partial charge is 0.384 e. The second-order valence-electron chi connectivity index (χ2n) is 6.37. The van der Waals surface area contributed by atoms with Gasteiger partial charge in [0, 0.05) is 24.9 Å². The number of benzene rings is 1. The van der Waals surface area contributed by atoms with Crippen LogP contribution in [0.2, 0.25) is 0 Å². The number of allylic oxidation sites excluding steroid dienone is 5. The third-order valence-corrected chi connectivity index (χ3v) is 4.04. The minimum absolute atomic E-state index is 0.535. The second-order valence-corrected chi connectivity index (χ2v) is 6.37. The number of fused-ring (bicyclic) bond motifs is 1. The Morgan fingerprint density at radius 3 is 2.71 bits per heavy atom. The van der Waals surface area contributed by atoms with Crippen LogP contribution >= 0.6 is 0 Å². The molecule has 1 N–H and O–H groups in total. The van der Waals surface area contributed by atoms with E-state index in [2.05, 4.69) is 73.2 Å². The number of nitrogens with one attached hydrogen (secondary N) is 1. The van der Waals surface area contributed by atoms with Crippen molar-refractivity contribution in [2.45, 2.75) is 33.7 Å². The van der Waals surface area contributed by atoms with Crippen molar-refractivity contribution in [1.82, 2.24) is 5.32 Å². The van der Waals surface area contributed by atoms with Crippen molar-refractivity contribution in [1.29, 1.82) is 0 Å². The van der Waals surface area contributed by atoms with E-state index in [1.807, 2.05) is 6.08 Å². The Morgan fingerprint density at radius 1 is 1.29 bits per heavy atom. The van der Waals surface area contributed by atoms with Gasteiger partial charge in [0.05, 0.1) is 5.70 Å². The van der Waals surface area contributed by atoms with E-state index >= 15 is 0 Å². The highest BCUT2D eigenvalue weighted by Gasteiger charge is 2.20. The first kappa shape index (κ1) is 17.9. The van der Waals surface area contributed by atoms with E-state index in [9.17, 15) is 0 Å². The van der Waals surface area contributed by atoms with Crippen molar-refractivity contribution in [3.63, 3.8) is 0 Å². The summed E-state index contributed by atoms with van der Waals surface area (Å²) >= 11 is 0. The lowest BCUT2D eigenvalue weighted by atomic mass is 9.88. The maximum atomic E-state index is 4.52. The molecule has 3 heteroatoms. The molecular formula is C21H27N3. The molecule has 0 saturated carbocycles. The number of hydrogen-bond acceptors (Lipinski definition) is 3. The zero-order valence-electron chi connectivity index (χ0n) is 15.1. The average molecular weight is 321 g/mol. The average Bonchev–Trinajstić information content (AvgIpc) is 2.56. The number of hydrogen-bond donors (Lipinski definition) is 1. The second kappa shape index (κ2) is 8.44. The van der Waals surface area contributed by atoms with E-state index in [4.69, 9.17) is 0 Å². The molecule has 0 saturated heterocycles. The van der Waals surface area contributed by atoms with Crippen LogP contribution in [0.5, 0.6) is 0 Å². The number of nitrogens with zero attached hydrogens (tertiary/aromatic N) is 2. The summed E-state index contributed by atoms with van der Waals surface area (Å²) in [5.74, 6) is 0.535. The van der Waals surface area contributed by atoms with Crippen LogP contribution in [-0.2, 0) is 6.54 Å². The summed E-state index contributed by atoms with van der Waals surface area (Å²) in [5.41, 5.74) is 6.94. The van der Waals surface area contributed by atoms with Crippen molar-refractivity contribution < 1.29 is 0 Å². The SMILES string of the molecule is C=C\C=C/C1=C(\C)NCc2ccccc2/C(CC(C)C)=C\1N=NC. The van der Waals surface area contributed by atoms with Gasteiger partial charge >= 0.3 is 0 Å². The Morgan fingerprint density at radius 2 is 2.04 bits per heavy atom. The molecule has 24 heavy (non-hydrogen) atoms. The Kier molecular flexibility index (Phi) is 6.30. The summed E-state index contributed by atoms with van der Waals surface area (Å²) < 4.78 is 0. The van der Waals surface area contributed by atoms with Crippen molar-refractivity contribution in [3.8, 4) is 0 Å². The molecule has 0 fully saturated rings. The molecule has 0 aromatic heterocycles. The molecule has 1 aromatic rings. The first-order valence-electron chi connectivity index (χ1n) is 8.44. The van der Waals surface area contributed by atoms with Crippen molar-refractivity contribution in [2.24, 2.45) is 16.1 Å². The topological polar surface area (TPSA) is 36.8 Å². The molecule has 3 nitrogen and oxygen atoms in total. The predicted molar refractivity (Wildman–Crippen MR) is 102 cm³/mol. The molecule has 0 atom stereocenters. The summed E-state index contributed by atoms with van der Waals surface area (Å²) in [4.78, 5) is 0. The fourth-order valence-electron chi connectivity index (χ4n) is 2.96. The van der Waals surface area contributed by atoms with E-state index in [1.54, 1.807) is 13.1 Å². The van der Waals surface area contributed by atoms with E-state index in [-0.39, 0.29) is 0 Å². The van der Waals surface area contributed by atoms with Crippen LogP contribution in [0.4, 0.5) is 0 Å². The fraction of sp³-hybridized carbons (Fsp3) is 0.333. The van der Waals surface area contributed by atoms with Crippen LogP contribution in [0.1, 0.15) is 38.3 Å². The van der Waals surface area contributed by atoms with Crippen LogP contribution in [0.3, 0.4) is 0 Å². The van der Waals surface area contributed by atoms with Crippen LogP contribution in [0.15, 0.2) is 76.3 Å². The Labute approximate surface area is 145 Å². The Bertz CT molecular complexity index is 718. The lowest BCUT2D eigenvalue weighted by Gasteiger charge is -2.23. The summed E-state index contributed by atoms with van der Waals surface area (Å²) in [5, 5.41) is 12.1. The van der Waals surface area contributed by atoms with Gasteiger partial charge in [0.2, 0.25) is 0 Å². The Hall–Kier alpha value is -2.42. The lowest BCUT2D eigenvalue weighted by molar-refractivity contribution is 0.668. The molecule has 0 amide bonds. The van der Waals surface area contributed by atoms with Crippen LogP contribution in [0, 0.1) is 5.92 Å². The maximum Gasteiger partial charge on any atom is 0.0980 e. The van der Waals surface area contributed by atoms with Crippen LogP contribution < -0.4 is 5.32 Å². The van der Waals surface area contributed by atoms with Crippen molar-refractivity contribution in [2.75, 3.05) is 7.05 Å². The molecule has 2 rings (SSSR count). The minimum Gasteiger partial charge on any atom is -0.384 e. The highest BCUT2D eigenvalue weighted by molar-refractivity contribution is 5.76. The van der Waals surface area contributed by atoms with Gasteiger partial charge in [0.15, 0.2) is 0 Å². The highest BCUT2D eigenvalue weighted by Crippen LogP contribution is 2.35. The van der Waals surface area contributed by atoms with Gasteiger partial charge in [-0.3, -0.25) is 0 Å². The zero-order valence-corrected chi connectivity index (χ0v) is 15.1. The molecule has 1 aliphatic heterocycles. The van der Waals surface area contributed by atoms with E-state index in [0.29, 0.717) is 5.92 Å². The molecule has 1 aliphatic rings. The first-order valence-corrected chi connectivity index (χ1v) is 8.44.